The highest BCUT2D eigenvalue weighted by Gasteiger charge is 2.31. The van der Waals surface area contributed by atoms with Gasteiger partial charge in [0.2, 0.25) is 0 Å². The number of likely N-dealkylation sites (tertiary alicyclic amines) is 1. The Hall–Kier alpha value is -2.78. The zero-order valence-electron chi connectivity index (χ0n) is 15.0. The van der Waals surface area contributed by atoms with Crippen molar-refractivity contribution in [1.82, 2.24) is 14.5 Å². The van der Waals surface area contributed by atoms with Gasteiger partial charge in [-0.1, -0.05) is 0 Å². The molecule has 0 bridgehead atoms. The van der Waals surface area contributed by atoms with Crippen molar-refractivity contribution in [1.29, 1.82) is 0 Å². The number of alkyl halides is 3. The Morgan fingerprint density at radius 3 is 2.68 bits per heavy atom. The van der Waals surface area contributed by atoms with Crippen molar-refractivity contribution in [3.63, 3.8) is 0 Å². The SMILES string of the molecule is O=C(O)CCC1CCCCN1C(=O)c1ccc2c(c1)[nH]c(=O)n2CC(F)(F)F. The van der Waals surface area contributed by atoms with Crippen molar-refractivity contribution in [3.8, 4) is 0 Å². The zero-order valence-corrected chi connectivity index (χ0v) is 15.0. The van der Waals surface area contributed by atoms with Gasteiger partial charge in [-0.2, -0.15) is 13.2 Å². The highest BCUT2D eigenvalue weighted by atomic mass is 19.4. The molecule has 7 nitrogen and oxygen atoms in total. The number of benzene rings is 1. The largest absolute Gasteiger partial charge is 0.481 e. The smallest absolute Gasteiger partial charge is 0.406 e. The van der Waals surface area contributed by atoms with Crippen molar-refractivity contribution in [2.45, 2.75) is 50.9 Å². The minimum absolute atomic E-state index is 0.0406. The summed E-state index contributed by atoms with van der Waals surface area (Å²) < 4.78 is 38.6. The molecule has 28 heavy (non-hydrogen) atoms. The van der Waals surface area contributed by atoms with Crippen LogP contribution in [0.5, 0.6) is 0 Å². The first-order chi connectivity index (χ1) is 13.2. The van der Waals surface area contributed by atoms with E-state index in [0.717, 1.165) is 12.8 Å². The van der Waals surface area contributed by atoms with Gasteiger partial charge >= 0.3 is 17.8 Å². The lowest BCUT2D eigenvalue weighted by Crippen LogP contribution is -2.44. The minimum Gasteiger partial charge on any atom is -0.481 e. The number of imidazole rings is 1. The maximum Gasteiger partial charge on any atom is 0.406 e. The number of aliphatic carboxylic acids is 1. The number of H-pyrrole nitrogens is 1. The number of carboxylic acid groups (broad SMARTS) is 1. The molecule has 2 N–H and O–H groups in total. The Morgan fingerprint density at radius 2 is 2.00 bits per heavy atom. The van der Waals surface area contributed by atoms with E-state index in [4.69, 9.17) is 5.11 Å². The molecule has 2 heterocycles. The van der Waals surface area contributed by atoms with E-state index in [2.05, 4.69) is 4.98 Å². The van der Waals surface area contributed by atoms with Crippen molar-refractivity contribution in [2.24, 2.45) is 0 Å². The van der Waals surface area contributed by atoms with E-state index in [-0.39, 0.29) is 35.0 Å². The first-order valence-electron chi connectivity index (χ1n) is 8.98. The summed E-state index contributed by atoms with van der Waals surface area (Å²) >= 11 is 0. The van der Waals surface area contributed by atoms with Crippen LogP contribution in [0.15, 0.2) is 23.0 Å². The van der Waals surface area contributed by atoms with Gasteiger partial charge in [0.05, 0.1) is 11.0 Å². The third kappa shape index (κ3) is 4.37. The van der Waals surface area contributed by atoms with Crippen LogP contribution in [-0.2, 0) is 11.3 Å². The summed E-state index contributed by atoms with van der Waals surface area (Å²) in [5.74, 6) is -1.25. The number of piperidine rings is 1. The molecule has 1 saturated heterocycles. The molecule has 0 aliphatic carbocycles. The van der Waals surface area contributed by atoms with Crippen LogP contribution in [0.1, 0.15) is 42.5 Å². The van der Waals surface area contributed by atoms with Crippen LogP contribution in [0.2, 0.25) is 0 Å². The second-order valence-electron chi connectivity index (χ2n) is 6.94. The van der Waals surface area contributed by atoms with Crippen LogP contribution in [0.4, 0.5) is 13.2 Å². The molecule has 10 heteroatoms. The first-order valence-corrected chi connectivity index (χ1v) is 8.98. The number of hydrogen-bond acceptors (Lipinski definition) is 3. The molecule has 1 aromatic heterocycles. The summed E-state index contributed by atoms with van der Waals surface area (Å²) in [6, 6.07) is 3.90. The van der Waals surface area contributed by atoms with E-state index in [1.165, 1.54) is 18.2 Å². The van der Waals surface area contributed by atoms with Crippen LogP contribution in [0.3, 0.4) is 0 Å². The fraction of sp³-hybridized carbons (Fsp3) is 0.500. The number of fused-ring (bicyclic) bond motifs is 1. The van der Waals surface area contributed by atoms with E-state index in [1.54, 1.807) is 4.90 Å². The summed E-state index contributed by atoms with van der Waals surface area (Å²) in [5.41, 5.74) is -0.427. The number of nitrogens with one attached hydrogen (secondary N) is 1. The number of carbonyl (C=O) groups is 2. The first kappa shape index (κ1) is 20.0. The predicted molar refractivity (Wildman–Crippen MR) is 94.2 cm³/mol. The molecule has 1 unspecified atom stereocenters. The number of nitrogens with zero attached hydrogens (tertiary/aromatic N) is 2. The molecule has 0 saturated carbocycles. The average molecular weight is 399 g/mol. The fourth-order valence-corrected chi connectivity index (χ4v) is 3.66. The number of rotatable bonds is 5. The number of aromatic amines is 1. The number of hydrogen-bond donors (Lipinski definition) is 2. The van der Waals surface area contributed by atoms with Crippen LogP contribution in [0, 0.1) is 0 Å². The number of amides is 1. The van der Waals surface area contributed by atoms with Gasteiger partial charge in [0.25, 0.3) is 5.91 Å². The highest BCUT2D eigenvalue weighted by molar-refractivity contribution is 5.97. The Labute approximate surface area is 157 Å². The fourth-order valence-electron chi connectivity index (χ4n) is 3.66. The topological polar surface area (TPSA) is 95.4 Å². The normalized spacial score (nSPS) is 17.8. The average Bonchev–Trinajstić information content (AvgIpc) is 2.92. The van der Waals surface area contributed by atoms with Gasteiger partial charge in [0, 0.05) is 24.6 Å². The van der Waals surface area contributed by atoms with Gasteiger partial charge in [-0.3, -0.25) is 14.2 Å². The number of halogens is 3. The molecular weight excluding hydrogens is 379 g/mol. The second-order valence-corrected chi connectivity index (χ2v) is 6.94. The Kier molecular flexibility index (Phi) is 5.48. The van der Waals surface area contributed by atoms with Gasteiger partial charge in [-0.15, -0.1) is 0 Å². The Balaban J connectivity index is 1.87. The van der Waals surface area contributed by atoms with Crippen LogP contribution in [0.25, 0.3) is 11.0 Å². The van der Waals surface area contributed by atoms with Gasteiger partial charge < -0.3 is 15.0 Å². The summed E-state index contributed by atoms with van der Waals surface area (Å²) in [6.45, 7) is -0.921. The number of carbonyl (C=O) groups excluding carboxylic acids is 1. The maximum atomic E-state index is 12.9. The predicted octanol–water partition coefficient (Wildman–Crippen LogP) is 2.75. The molecule has 1 aliphatic rings. The summed E-state index contributed by atoms with van der Waals surface area (Å²) in [7, 11) is 0. The molecule has 3 rings (SSSR count). The highest BCUT2D eigenvalue weighted by Crippen LogP contribution is 2.25. The molecule has 1 aliphatic heterocycles. The molecule has 152 valence electrons. The minimum atomic E-state index is -4.54. The monoisotopic (exact) mass is 399 g/mol. The van der Waals surface area contributed by atoms with Crippen LogP contribution < -0.4 is 5.69 Å². The maximum absolute atomic E-state index is 12.9. The quantitative estimate of drug-likeness (QED) is 0.808. The standard InChI is InChI=1S/C18H20F3N3O4/c19-18(20,21)10-24-14-6-4-11(9-13(14)22-17(24)28)16(27)23-8-2-1-3-12(23)5-7-15(25)26/h4,6,9,12H,1-3,5,7-8,10H2,(H,22,28)(H,25,26). The third-order valence-electron chi connectivity index (χ3n) is 4.94. The van der Waals surface area contributed by atoms with Gasteiger partial charge in [0.15, 0.2) is 0 Å². The van der Waals surface area contributed by atoms with Crippen molar-refractivity contribution in [2.75, 3.05) is 6.54 Å². The molecular formula is C18H20F3N3O4. The van der Waals surface area contributed by atoms with E-state index >= 15 is 0 Å². The van der Waals surface area contributed by atoms with Gasteiger partial charge in [-0.25, -0.2) is 4.79 Å². The van der Waals surface area contributed by atoms with Gasteiger partial charge in [-0.05, 0) is 43.9 Å². The van der Waals surface area contributed by atoms with E-state index in [0.29, 0.717) is 24.0 Å². The number of aromatic nitrogens is 2. The lowest BCUT2D eigenvalue weighted by atomic mass is 9.97. The molecule has 1 aromatic carbocycles. The molecule has 0 spiro atoms. The lowest BCUT2D eigenvalue weighted by Gasteiger charge is -2.35. The second kappa shape index (κ2) is 7.69. The molecule has 1 fully saturated rings. The van der Waals surface area contributed by atoms with E-state index in [9.17, 15) is 27.6 Å². The molecule has 1 atom stereocenters. The Bertz CT molecular complexity index is 948. The van der Waals surface area contributed by atoms with Crippen LogP contribution in [-0.4, -0.2) is 50.2 Å². The third-order valence-corrected chi connectivity index (χ3v) is 4.94. The van der Waals surface area contributed by atoms with Crippen LogP contribution >= 0.6 is 0 Å². The summed E-state index contributed by atoms with van der Waals surface area (Å²) in [4.78, 5) is 39.6. The van der Waals surface area contributed by atoms with Crippen molar-refractivity contribution >= 4 is 22.9 Å². The molecule has 0 radical (unpaired) electrons. The summed E-state index contributed by atoms with van der Waals surface area (Å²) in [6.07, 6.45) is -1.82. The zero-order chi connectivity index (χ0) is 20.5. The molecule has 2 aromatic rings. The number of carboxylic acids is 1. The van der Waals surface area contributed by atoms with E-state index < -0.39 is 24.4 Å². The lowest BCUT2D eigenvalue weighted by molar-refractivity contribution is -0.140. The van der Waals surface area contributed by atoms with Crippen molar-refractivity contribution < 1.29 is 27.9 Å². The van der Waals surface area contributed by atoms with Gasteiger partial charge in [0.1, 0.15) is 6.54 Å². The molecule has 1 amide bonds. The van der Waals surface area contributed by atoms with E-state index in [1.807, 2.05) is 0 Å². The summed E-state index contributed by atoms with van der Waals surface area (Å²) in [5, 5.41) is 8.89. The Morgan fingerprint density at radius 1 is 1.25 bits per heavy atom. The van der Waals surface area contributed by atoms with Crippen molar-refractivity contribution in [3.05, 3.63) is 34.2 Å².